The van der Waals surface area contributed by atoms with Gasteiger partial charge in [-0.2, -0.15) is 10.4 Å². The summed E-state index contributed by atoms with van der Waals surface area (Å²) in [5.74, 6) is -0.419. The van der Waals surface area contributed by atoms with Gasteiger partial charge < -0.3 is 10.3 Å². The number of hydrogen-bond acceptors (Lipinski definition) is 5. The van der Waals surface area contributed by atoms with Crippen LogP contribution in [0.3, 0.4) is 0 Å². The van der Waals surface area contributed by atoms with Crippen molar-refractivity contribution in [3.63, 3.8) is 0 Å². The Morgan fingerprint density at radius 3 is 2.76 bits per heavy atom. The monoisotopic (exact) mass is 461 g/mol. The fourth-order valence-corrected chi connectivity index (χ4v) is 3.75. The molecule has 2 N–H and O–H groups in total. The van der Waals surface area contributed by atoms with Crippen LogP contribution in [0, 0.1) is 18.3 Å². The van der Waals surface area contributed by atoms with Crippen LogP contribution in [0.25, 0.3) is 33.5 Å². The zero-order valence-corrected chi connectivity index (χ0v) is 19.8. The number of hydrogen-bond donors (Lipinski definition) is 2. The normalized spacial score (nSPS) is 11.7. The summed E-state index contributed by atoms with van der Waals surface area (Å²) in [5.41, 5.74) is 3.73. The van der Waals surface area contributed by atoms with E-state index in [0.29, 0.717) is 16.4 Å². The van der Waals surface area contributed by atoms with Gasteiger partial charge in [0, 0.05) is 34.9 Å². The Hall–Kier alpha value is -3.70. The highest BCUT2D eigenvalue weighted by molar-refractivity contribution is 6.38. The lowest BCUT2D eigenvalue weighted by molar-refractivity contribution is 0.0924. The number of aromatic amines is 1. The number of halogens is 1. The van der Waals surface area contributed by atoms with Crippen molar-refractivity contribution < 1.29 is 4.79 Å². The molecule has 0 bridgehead atoms. The van der Waals surface area contributed by atoms with E-state index in [1.807, 2.05) is 29.9 Å². The Labute approximate surface area is 196 Å². The maximum atomic E-state index is 12.5. The maximum Gasteiger partial charge on any atom is 0.271 e. The summed E-state index contributed by atoms with van der Waals surface area (Å²) in [6.07, 6.45) is 3.66. The maximum absolute atomic E-state index is 12.5. The smallest absolute Gasteiger partial charge is 0.271 e. The van der Waals surface area contributed by atoms with Crippen LogP contribution in [0.5, 0.6) is 0 Å². The van der Waals surface area contributed by atoms with Crippen molar-refractivity contribution in [3.8, 4) is 28.6 Å². The van der Waals surface area contributed by atoms with Crippen LogP contribution in [-0.4, -0.2) is 36.2 Å². The highest BCUT2D eigenvalue weighted by Gasteiger charge is 2.22. The van der Waals surface area contributed by atoms with Gasteiger partial charge in [-0.05, 0) is 52.8 Å². The Bertz CT molecular complexity index is 1410. The van der Waals surface area contributed by atoms with Gasteiger partial charge in [0.25, 0.3) is 5.91 Å². The molecule has 0 spiro atoms. The molecule has 9 heteroatoms. The predicted octanol–water partition coefficient (Wildman–Crippen LogP) is 5.06. The van der Waals surface area contributed by atoms with Crippen LogP contribution >= 0.6 is 11.6 Å². The van der Waals surface area contributed by atoms with Crippen LogP contribution < -0.4 is 5.32 Å². The lowest BCUT2D eigenvalue weighted by Gasteiger charge is -2.17. The molecule has 1 amide bonds. The van der Waals surface area contributed by atoms with Gasteiger partial charge in [0.2, 0.25) is 0 Å². The van der Waals surface area contributed by atoms with Crippen molar-refractivity contribution in [1.82, 2.24) is 30.0 Å². The average Bonchev–Trinajstić information content (AvgIpc) is 3.33. The Balaban J connectivity index is 1.72. The minimum atomic E-state index is -0.994. The number of nitriles is 1. The molecule has 8 nitrogen and oxygen atoms in total. The molecule has 0 unspecified atom stereocenters. The first kappa shape index (κ1) is 22.5. The van der Waals surface area contributed by atoms with E-state index in [-0.39, 0.29) is 11.7 Å². The third-order valence-electron chi connectivity index (χ3n) is 5.29. The van der Waals surface area contributed by atoms with Gasteiger partial charge in [-0.1, -0.05) is 17.7 Å². The molecule has 0 saturated heterocycles. The Morgan fingerprint density at radius 2 is 2.09 bits per heavy atom. The second-order valence-electron chi connectivity index (χ2n) is 8.74. The number of carbonyl (C=O) groups excluding carboxylic acids is 1. The minimum Gasteiger partial charge on any atom is -0.338 e. The molecule has 4 aromatic heterocycles. The van der Waals surface area contributed by atoms with E-state index < -0.39 is 11.4 Å². The number of aromatic nitrogens is 5. The average molecular weight is 462 g/mol. The van der Waals surface area contributed by atoms with Crippen molar-refractivity contribution in [2.45, 2.75) is 46.2 Å². The number of carbonyl (C=O) groups is 1. The number of amides is 1. The van der Waals surface area contributed by atoms with E-state index in [9.17, 15) is 4.79 Å². The van der Waals surface area contributed by atoms with Crippen molar-refractivity contribution in [2.75, 3.05) is 0 Å². The number of nitrogens with zero attached hydrogens (tertiary/aromatic N) is 5. The zero-order chi connectivity index (χ0) is 23.9. The van der Waals surface area contributed by atoms with Crippen molar-refractivity contribution in [1.29, 1.82) is 5.26 Å². The molecule has 0 fully saturated rings. The van der Waals surface area contributed by atoms with Gasteiger partial charge in [0.1, 0.15) is 16.9 Å². The summed E-state index contributed by atoms with van der Waals surface area (Å²) < 4.78 is 1.90. The molecule has 33 heavy (non-hydrogen) atoms. The lowest BCUT2D eigenvalue weighted by Crippen LogP contribution is -2.42. The highest BCUT2D eigenvalue weighted by atomic mass is 35.5. The van der Waals surface area contributed by atoms with E-state index >= 15 is 0 Å². The van der Waals surface area contributed by atoms with Gasteiger partial charge in [0.05, 0.1) is 28.2 Å². The van der Waals surface area contributed by atoms with Crippen LogP contribution in [0.2, 0.25) is 5.02 Å². The number of pyridine rings is 2. The van der Waals surface area contributed by atoms with Crippen molar-refractivity contribution in [2.24, 2.45) is 0 Å². The first-order valence-corrected chi connectivity index (χ1v) is 10.9. The first-order valence-electron chi connectivity index (χ1n) is 10.5. The standard InChI is InChI=1S/C24H24ClN7O/c1-13(2)32-11-17(14(3)31-32)21-20(25)16-9-15(10-27-22(16)29-21)18-7-6-8-19(28-18)23(33)30-24(4,5)12-26/h6-11,13H,1-5H3,(H,27,29)(H,30,33). The molecule has 0 aliphatic heterocycles. The van der Waals surface area contributed by atoms with Gasteiger partial charge in [-0.3, -0.25) is 9.48 Å². The van der Waals surface area contributed by atoms with Gasteiger partial charge >= 0.3 is 0 Å². The van der Waals surface area contributed by atoms with E-state index in [1.54, 1.807) is 38.2 Å². The van der Waals surface area contributed by atoms with Crippen LogP contribution in [-0.2, 0) is 0 Å². The zero-order valence-electron chi connectivity index (χ0n) is 19.1. The van der Waals surface area contributed by atoms with Gasteiger partial charge in [-0.25, -0.2) is 9.97 Å². The summed E-state index contributed by atoms with van der Waals surface area (Å²) in [6.45, 7) is 9.34. The van der Waals surface area contributed by atoms with Crippen molar-refractivity contribution in [3.05, 3.63) is 53.1 Å². The SMILES string of the molecule is Cc1nn(C(C)C)cc1-c1[nH]c2ncc(-c3cccc(C(=O)NC(C)(C)C#N)n3)cc2c1Cl. The van der Waals surface area contributed by atoms with Crippen LogP contribution in [0.4, 0.5) is 0 Å². The molecule has 168 valence electrons. The number of H-pyrrole nitrogens is 1. The fraction of sp³-hybridized carbons (Fsp3) is 0.292. The fourth-order valence-electron chi connectivity index (χ4n) is 3.45. The highest BCUT2D eigenvalue weighted by Crippen LogP contribution is 2.36. The van der Waals surface area contributed by atoms with Crippen LogP contribution in [0.1, 0.15) is 49.9 Å². The summed E-state index contributed by atoms with van der Waals surface area (Å²) in [6, 6.07) is 9.33. The second-order valence-corrected chi connectivity index (χ2v) is 9.11. The topological polar surface area (TPSA) is 112 Å². The van der Waals surface area contributed by atoms with Crippen molar-refractivity contribution >= 4 is 28.5 Å². The number of rotatable bonds is 5. The van der Waals surface area contributed by atoms with E-state index in [1.165, 1.54) is 0 Å². The molecule has 0 aliphatic carbocycles. The third-order valence-corrected chi connectivity index (χ3v) is 5.68. The Morgan fingerprint density at radius 1 is 1.33 bits per heavy atom. The van der Waals surface area contributed by atoms with E-state index in [2.05, 4.69) is 39.2 Å². The summed E-state index contributed by atoms with van der Waals surface area (Å²) in [4.78, 5) is 24.8. The summed E-state index contributed by atoms with van der Waals surface area (Å²) in [5, 5.41) is 17.7. The largest absolute Gasteiger partial charge is 0.338 e. The molecule has 4 aromatic rings. The first-order chi connectivity index (χ1) is 15.6. The number of nitrogens with one attached hydrogen (secondary N) is 2. The molecular weight excluding hydrogens is 438 g/mol. The molecule has 0 atom stereocenters. The lowest BCUT2D eigenvalue weighted by atomic mass is 10.1. The minimum absolute atomic E-state index is 0.216. The van der Waals surface area contributed by atoms with E-state index in [4.69, 9.17) is 16.9 Å². The molecule has 0 saturated carbocycles. The van der Waals surface area contributed by atoms with E-state index in [0.717, 1.165) is 27.9 Å². The predicted molar refractivity (Wildman–Crippen MR) is 128 cm³/mol. The molecule has 4 heterocycles. The summed E-state index contributed by atoms with van der Waals surface area (Å²) >= 11 is 6.76. The quantitative estimate of drug-likeness (QED) is 0.431. The second kappa shape index (κ2) is 8.34. The van der Waals surface area contributed by atoms with Gasteiger partial charge in [0.15, 0.2) is 0 Å². The molecule has 0 radical (unpaired) electrons. The molecular formula is C24H24ClN7O. The number of aryl methyl sites for hydroxylation is 1. The molecule has 4 rings (SSSR count). The summed E-state index contributed by atoms with van der Waals surface area (Å²) in [7, 11) is 0. The van der Waals surface area contributed by atoms with Crippen LogP contribution in [0.15, 0.2) is 36.7 Å². The Kier molecular flexibility index (Phi) is 5.68. The number of fused-ring (bicyclic) bond motifs is 1. The third kappa shape index (κ3) is 4.32. The molecule has 0 aromatic carbocycles. The molecule has 0 aliphatic rings. The van der Waals surface area contributed by atoms with Gasteiger partial charge in [-0.15, -0.1) is 0 Å².